The van der Waals surface area contributed by atoms with Crippen molar-refractivity contribution in [2.75, 3.05) is 13.3 Å². The molecule has 0 spiro atoms. The molecule has 1 aromatic rings. The molecule has 0 aromatic heterocycles. The summed E-state index contributed by atoms with van der Waals surface area (Å²) in [4.78, 5) is 13.4. The third-order valence-corrected chi connectivity index (χ3v) is 3.30. The maximum atomic E-state index is 12.9. The van der Waals surface area contributed by atoms with E-state index in [0.29, 0.717) is 6.54 Å². The minimum absolute atomic E-state index is 0.0569. The molecule has 0 unspecified atom stereocenters. The van der Waals surface area contributed by atoms with Crippen LogP contribution < -0.4 is 0 Å². The smallest absolute Gasteiger partial charge is 0.235 e. The number of carbonyl (C=O) groups is 1. The molecule has 1 amide bonds. The van der Waals surface area contributed by atoms with Gasteiger partial charge in [-0.3, -0.25) is 4.79 Å². The highest BCUT2D eigenvalue weighted by Crippen LogP contribution is 2.11. The minimum Gasteiger partial charge on any atom is -0.340 e. The Kier molecular flexibility index (Phi) is 4.80. The van der Waals surface area contributed by atoms with E-state index in [9.17, 15) is 9.18 Å². The van der Waals surface area contributed by atoms with Crippen molar-refractivity contribution in [2.24, 2.45) is 0 Å². The second-order valence-corrected chi connectivity index (χ2v) is 4.88. The van der Waals surface area contributed by atoms with Gasteiger partial charge < -0.3 is 4.90 Å². The molecule has 88 valence electrons. The van der Waals surface area contributed by atoms with Gasteiger partial charge in [0.15, 0.2) is 0 Å². The van der Waals surface area contributed by atoms with Crippen molar-refractivity contribution in [1.29, 1.82) is 0 Å². The number of thioether (sulfide) groups is 1. The molecule has 0 aliphatic carbocycles. The van der Waals surface area contributed by atoms with E-state index in [4.69, 9.17) is 0 Å². The van der Waals surface area contributed by atoms with Crippen molar-refractivity contribution in [3.8, 4) is 0 Å². The number of carbonyl (C=O) groups excluding carboxylic acids is 1. The quantitative estimate of drug-likeness (QED) is 0.807. The molecule has 0 fully saturated rings. The first-order valence-corrected chi connectivity index (χ1v) is 6.35. The molecule has 0 N–H and O–H groups in total. The van der Waals surface area contributed by atoms with Gasteiger partial charge in [0.1, 0.15) is 5.82 Å². The second-order valence-electron chi connectivity index (χ2n) is 3.70. The summed E-state index contributed by atoms with van der Waals surface area (Å²) in [5.41, 5.74) is 0.809. The fourth-order valence-electron chi connectivity index (χ4n) is 1.40. The van der Waals surface area contributed by atoms with Gasteiger partial charge in [-0.15, -0.1) is 0 Å². The van der Waals surface area contributed by atoms with Crippen LogP contribution >= 0.6 is 11.8 Å². The number of amides is 1. The Morgan fingerprint density at radius 1 is 1.56 bits per heavy atom. The van der Waals surface area contributed by atoms with Crippen molar-refractivity contribution in [3.63, 3.8) is 0 Å². The Bertz CT molecular complexity index is 370. The van der Waals surface area contributed by atoms with Gasteiger partial charge in [-0.2, -0.15) is 11.8 Å². The molecule has 1 atom stereocenters. The first-order valence-electron chi connectivity index (χ1n) is 5.07. The van der Waals surface area contributed by atoms with Gasteiger partial charge in [0.2, 0.25) is 5.91 Å². The topological polar surface area (TPSA) is 20.3 Å². The van der Waals surface area contributed by atoms with E-state index >= 15 is 0 Å². The third-order valence-electron chi connectivity index (χ3n) is 2.39. The Balaban J connectivity index is 2.64. The van der Waals surface area contributed by atoms with E-state index < -0.39 is 0 Å². The summed E-state index contributed by atoms with van der Waals surface area (Å²) in [6, 6.07) is 6.32. The van der Waals surface area contributed by atoms with Crippen LogP contribution in [-0.4, -0.2) is 29.4 Å². The molecule has 16 heavy (non-hydrogen) atoms. The highest BCUT2D eigenvalue weighted by Gasteiger charge is 2.16. The molecule has 0 aliphatic rings. The first-order chi connectivity index (χ1) is 7.54. The number of nitrogens with zero attached hydrogens (tertiary/aromatic N) is 1. The lowest BCUT2D eigenvalue weighted by Gasteiger charge is -2.20. The zero-order valence-corrected chi connectivity index (χ0v) is 10.6. The predicted octanol–water partition coefficient (Wildman–Crippen LogP) is 2.54. The molecule has 0 bridgehead atoms. The fourth-order valence-corrected chi connectivity index (χ4v) is 1.78. The molecule has 0 heterocycles. The summed E-state index contributed by atoms with van der Waals surface area (Å²) in [5, 5.41) is -0.0569. The van der Waals surface area contributed by atoms with Gasteiger partial charge in [0.25, 0.3) is 0 Å². The molecule has 0 radical (unpaired) electrons. The molecule has 0 saturated carbocycles. The number of rotatable bonds is 4. The van der Waals surface area contributed by atoms with E-state index in [0.717, 1.165) is 5.56 Å². The Hall–Kier alpha value is -1.03. The van der Waals surface area contributed by atoms with Gasteiger partial charge in [-0.1, -0.05) is 12.1 Å². The van der Waals surface area contributed by atoms with Crippen molar-refractivity contribution in [3.05, 3.63) is 35.6 Å². The van der Waals surface area contributed by atoms with Gasteiger partial charge in [-0.05, 0) is 30.9 Å². The Morgan fingerprint density at radius 2 is 2.25 bits per heavy atom. The van der Waals surface area contributed by atoms with E-state index in [1.165, 1.54) is 23.9 Å². The first kappa shape index (κ1) is 13.0. The highest BCUT2D eigenvalue weighted by molar-refractivity contribution is 7.99. The van der Waals surface area contributed by atoms with E-state index in [1.807, 2.05) is 19.2 Å². The number of hydrogen-bond acceptors (Lipinski definition) is 2. The maximum absolute atomic E-state index is 12.9. The minimum atomic E-state index is -0.267. The molecule has 0 aliphatic heterocycles. The molecule has 4 heteroatoms. The molecular formula is C12H16FNOS. The SMILES string of the molecule is CS[C@H](C)C(=O)N(C)Cc1cccc(F)c1. The van der Waals surface area contributed by atoms with Crippen molar-refractivity contribution < 1.29 is 9.18 Å². The third kappa shape index (κ3) is 3.52. The standard InChI is InChI=1S/C12H16FNOS/c1-9(16-3)12(15)14(2)8-10-5-4-6-11(13)7-10/h4-7,9H,8H2,1-3H3/t9-/m1/s1. The zero-order chi connectivity index (χ0) is 12.1. The van der Waals surface area contributed by atoms with Crippen LogP contribution in [0.3, 0.4) is 0 Å². The van der Waals surface area contributed by atoms with Gasteiger partial charge in [0.05, 0.1) is 5.25 Å². The summed E-state index contributed by atoms with van der Waals surface area (Å²) in [6.45, 7) is 2.32. The zero-order valence-electron chi connectivity index (χ0n) is 9.74. The lowest BCUT2D eigenvalue weighted by Crippen LogP contribution is -2.32. The van der Waals surface area contributed by atoms with Crippen LogP contribution in [0.2, 0.25) is 0 Å². The molecule has 0 saturated heterocycles. The lowest BCUT2D eigenvalue weighted by atomic mass is 10.2. The van der Waals surface area contributed by atoms with Crippen LogP contribution in [0.15, 0.2) is 24.3 Å². The lowest BCUT2D eigenvalue weighted by molar-refractivity contribution is -0.129. The van der Waals surface area contributed by atoms with Crippen molar-refractivity contribution in [2.45, 2.75) is 18.7 Å². The fraction of sp³-hybridized carbons (Fsp3) is 0.417. The summed E-state index contributed by atoms with van der Waals surface area (Å²) >= 11 is 1.51. The average Bonchev–Trinajstić information content (AvgIpc) is 2.27. The van der Waals surface area contributed by atoms with Crippen LogP contribution in [0.25, 0.3) is 0 Å². The molecule has 2 nitrogen and oxygen atoms in total. The van der Waals surface area contributed by atoms with Gasteiger partial charge in [0, 0.05) is 13.6 Å². The summed E-state index contributed by atoms with van der Waals surface area (Å²) in [7, 11) is 1.74. The number of hydrogen-bond donors (Lipinski definition) is 0. The van der Waals surface area contributed by atoms with Crippen LogP contribution in [0.5, 0.6) is 0 Å². The van der Waals surface area contributed by atoms with Crippen LogP contribution in [0.1, 0.15) is 12.5 Å². The molecule has 1 aromatic carbocycles. The molecule has 1 rings (SSSR count). The number of benzene rings is 1. The van der Waals surface area contributed by atoms with Crippen LogP contribution in [0.4, 0.5) is 4.39 Å². The summed E-state index contributed by atoms with van der Waals surface area (Å²) in [6.07, 6.45) is 1.90. The maximum Gasteiger partial charge on any atom is 0.235 e. The Morgan fingerprint density at radius 3 is 2.81 bits per heavy atom. The summed E-state index contributed by atoms with van der Waals surface area (Å²) < 4.78 is 12.9. The average molecular weight is 241 g/mol. The van der Waals surface area contributed by atoms with Crippen LogP contribution in [-0.2, 0) is 11.3 Å². The van der Waals surface area contributed by atoms with Crippen molar-refractivity contribution in [1.82, 2.24) is 4.90 Å². The van der Waals surface area contributed by atoms with Crippen LogP contribution in [0, 0.1) is 5.82 Å². The summed E-state index contributed by atoms with van der Waals surface area (Å²) in [5.74, 6) is -0.201. The largest absolute Gasteiger partial charge is 0.340 e. The highest BCUT2D eigenvalue weighted by atomic mass is 32.2. The number of halogens is 1. The Labute approximate surface area is 99.8 Å². The molecular weight excluding hydrogens is 225 g/mol. The monoisotopic (exact) mass is 241 g/mol. The van der Waals surface area contributed by atoms with Crippen molar-refractivity contribution >= 4 is 17.7 Å². The van der Waals surface area contributed by atoms with Gasteiger partial charge in [-0.25, -0.2) is 4.39 Å². The predicted molar refractivity (Wildman–Crippen MR) is 65.9 cm³/mol. The second kappa shape index (κ2) is 5.89. The van der Waals surface area contributed by atoms with E-state index in [1.54, 1.807) is 18.0 Å². The normalized spacial score (nSPS) is 12.2. The van der Waals surface area contributed by atoms with E-state index in [-0.39, 0.29) is 17.0 Å². The van der Waals surface area contributed by atoms with E-state index in [2.05, 4.69) is 0 Å². The van der Waals surface area contributed by atoms with Gasteiger partial charge >= 0.3 is 0 Å².